The first-order chi connectivity index (χ1) is 13.0. The van der Waals surface area contributed by atoms with Crippen molar-refractivity contribution in [3.05, 3.63) is 59.7 Å². The molecule has 2 aromatic rings. The number of carbonyl (C=O) groups is 1. The molecule has 1 fully saturated rings. The summed E-state index contributed by atoms with van der Waals surface area (Å²) < 4.78 is 32.7. The van der Waals surface area contributed by atoms with Crippen LogP contribution in [0.25, 0.3) is 0 Å². The molecule has 2 N–H and O–H groups in total. The van der Waals surface area contributed by atoms with Gasteiger partial charge in [0.05, 0.1) is 11.5 Å². The molecule has 0 aromatic heterocycles. The van der Waals surface area contributed by atoms with E-state index in [1.807, 2.05) is 24.3 Å². The van der Waals surface area contributed by atoms with Crippen LogP contribution in [0.3, 0.4) is 0 Å². The van der Waals surface area contributed by atoms with Crippen LogP contribution in [0.2, 0.25) is 0 Å². The van der Waals surface area contributed by atoms with E-state index in [9.17, 15) is 13.2 Å². The van der Waals surface area contributed by atoms with Gasteiger partial charge in [-0.25, -0.2) is 13.1 Å². The minimum Gasteiger partial charge on any atom is -0.493 e. The summed E-state index contributed by atoms with van der Waals surface area (Å²) in [5.74, 6) is 0.913. The van der Waals surface area contributed by atoms with Crippen molar-refractivity contribution >= 4 is 15.9 Å². The molecule has 1 atom stereocenters. The van der Waals surface area contributed by atoms with Gasteiger partial charge in [-0.3, -0.25) is 4.79 Å². The first kappa shape index (κ1) is 18.0. The van der Waals surface area contributed by atoms with Crippen LogP contribution in [-0.2, 0) is 16.4 Å². The van der Waals surface area contributed by atoms with Crippen LogP contribution in [0.4, 0.5) is 0 Å². The Hall–Kier alpha value is -2.38. The van der Waals surface area contributed by atoms with Crippen molar-refractivity contribution in [3.63, 3.8) is 0 Å². The van der Waals surface area contributed by atoms with Gasteiger partial charge in [0.2, 0.25) is 10.0 Å². The van der Waals surface area contributed by atoms with Gasteiger partial charge in [-0.05, 0) is 55.2 Å². The molecule has 0 bridgehead atoms. The fourth-order valence-corrected chi connectivity index (χ4v) is 4.44. The number of carbonyl (C=O) groups excluding carboxylic acids is 1. The molecule has 7 heteroatoms. The average Bonchev–Trinajstić information content (AvgIpc) is 3.49. The van der Waals surface area contributed by atoms with E-state index in [-0.39, 0.29) is 22.8 Å². The Morgan fingerprint density at radius 3 is 2.56 bits per heavy atom. The monoisotopic (exact) mass is 386 g/mol. The SMILES string of the molecule is O=C(NC[C@@H]1COc2ccccc2C1)c1ccc(S(=O)(=O)NC2CC2)cc1. The number of nitrogens with one attached hydrogen (secondary N) is 2. The molecule has 1 aliphatic carbocycles. The number of hydrogen-bond acceptors (Lipinski definition) is 4. The van der Waals surface area contributed by atoms with Crippen LogP contribution < -0.4 is 14.8 Å². The summed E-state index contributed by atoms with van der Waals surface area (Å²) >= 11 is 0. The lowest BCUT2D eigenvalue weighted by molar-refractivity contribution is 0.0939. The van der Waals surface area contributed by atoms with Gasteiger partial charge in [0.1, 0.15) is 5.75 Å². The molecule has 0 unspecified atom stereocenters. The number of fused-ring (bicyclic) bond motifs is 1. The second kappa shape index (κ2) is 7.32. The molecule has 0 radical (unpaired) electrons. The maximum atomic E-state index is 12.4. The summed E-state index contributed by atoms with van der Waals surface area (Å²) in [5.41, 5.74) is 1.60. The van der Waals surface area contributed by atoms with Crippen LogP contribution in [-0.4, -0.2) is 33.5 Å². The number of amides is 1. The fourth-order valence-electron chi connectivity index (χ4n) is 3.14. The van der Waals surface area contributed by atoms with Gasteiger partial charge in [0, 0.05) is 24.1 Å². The predicted octanol–water partition coefficient (Wildman–Crippen LogP) is 2.11. The van der Waals surface area contributed by atoms with E-state index in [0.717, 1.165) is 30.6 Å². The minimum absolute atomic E-state index is 0.0563. The largest absolute Gasteiger partial charge is 0.493 e. The Bertz CT molecular complexity index is 937. The summed E-state index contributed by atoms with van der Waals surface area (Å²) in [6.45, 7) is 1.08. The standard InChI is InChI=1S/C20H22N2O4S/c23-20(21-12-14-11-16-3-1-2-4-19(16)26-13-14)15-5-9-18(10-6-15)27(24,25)22-17-7-8-17/h1-6,9-10,14,17,22H,7-8,11-13H2,(H,21,23)/t14-/m1/s1. The smallest absolute Gasteiger partial charge is 0.251 e. The van der Waals surface area contributed by atoms with E-state index in [1.54, 1.807) is 12.1 Å². The maximum absolute atomic E-state index is 12.4. The third-order valence-corrected chi connectivity index (χ3v) is 6.37. The van der Waals surface area contributed by atoms with E-state index in [4.69, 9.17) is 4.74 Å². The number of sulfonamides is 1. The Morgan fingerprint density at radius 2 is 1.81 bits per heavy atom. The molecule has 1 saturated carbocycles. The molecule has 142 valence electrons. The van der Waals surface area contributed by atoms with Gasteiger partial charge < -0.3 is 10.1 Å². The quantitative estimate of drug-likeness (QED) is 0.796. The first-order valence-corrected chi connectivity index (χ1v) is 10.6. The number of benzene rings is 2. The molecule has 0 saturated heterocycles. The highest BCUT2D eigenvalue weighted by Crippen LogP contribution is 2.26. The van der Waals surface area contributed by atoms with Gasteiger partial charge in [0.15, 0.2) is 0 Å². The Balaban J connectivity index is 1.33. The van der Waals surface area contributed by atoms with E-state index >= 15 is 0 Å². The zero-order chi connectivity index (χ0) is 18.9. The van der Waals surface area contributed by atoms with Gasteiger partial charge in [-0.2, -0.15) is 0 Å². The van der Waals surface area contributed by atoms with Gasteiger partial charge in [0.25, 0.3) is 5.91 Å². The third-order valence-electron chi connectivity index (χ3n) is 4.83. The second-order valence-electron chi connectivity index (χ2n) is 7.12. The summed E-state index contributed by atoms with van der Waals surface area (Å²) in [5, 5.41) is 2.92. The zero-order valence-corrected chi connectivity index (χ0v) is 15.7. The Kier molecular flexibility index (Phi) is 4.88. The molecule has 6 nitrogen and oxygen atoms in total. The van der Waals surface area contributed by atoms with Crippen molar-refractivity contribution in [3.8, 4) is 5.75 Å². The second-order valence-corrected chi connectivity index (χ2v) is 8.83. The summed E-state index contributed by atoms with van der Waals surface area (Å²) in [7, 11) is -3.50. The zero-order valence-electron chi connectivity index (χ0n) is 14.9. The summed E-state index contributed by atoms with van der Waals surface area (Å²) in [6, 6.07) is 14.0. The Morgan fingerprint density at radius 1 is 1.07 bits per heavy atom. The highest BCUT2D eigenvalue weighted by molar-refractivity contribution is 7.89. The molecule has 0 spiro atoms. The van der Waals surface area contributed by atoms with Crippen LogP contribution in [0.5, 0.6) is 5.75 Å². The van der Waals surface area contributed by atoms with Gasteiger partial charge in [-0.15, -0.1) is 0 Å². The highest BCUT2D eigenvalue weighted by atomic mass is 32.2. The predicted molar refractivity (Wildman–Crippen MR) is 101 cm³/mol. The van der Waals surface area contributed by atoms with E-state index in [1.165, 1.54) is 12.1 Å². The number of rotatable bonds is 6. The van der Waals surface area contributed by atoms with Crippen LogP contribution >= 0.6 is 0 Å². The maximum Gasteiger partial charge on any atom is 0.251 e. The highest BCUT2D eigenvalue weighted by Gasteiger charge is 2.28. The van der Waals surface area contributed by atoms with E-state index in [0.29, 0.717) is 18.7 Å². The molecule has 1 aliphatic heterocycles. The number of para-hydroxylation sites is 1. The van der Waals surface area contributed by atoms with Crippen LogP contribution in [0.15, 0.2) is 53.4 Å². The Labute approximate surface area is 159 Å². The van der Waals surface area contributed by atoms with Crippen molar-refractivity contribution < 1.29 is 17.9 Å². The molecule has 1 heterocycles. The lowest BCUT2D eigenvalue weighted by atomic mass is 9.96. The summed E-state index contributed by atoms with van der Waals surface area (Å²) in [4.78, 5) is 12.5. The third kappa shape index (κ3) is 4.31. The lowest BCUT2D eigenvalue weighted by Gasteiger charge is -2.25. The van der Waals surface area contributed by atoms with E-state index in [2.05, 4.69) is 10.0 Å². The molecule has 27 heavy (non-hydrogen) atoms. The molecule has 4 rings (SSSR count). The topological polar surface area (TPSA) is 84.5 Å². The van der Waals surface area contributed by atoms with Crippen molar-refractivity contribution in [2.75, 3.05) is 13.2 Å². The number of hydrogen-bond donors (Lipinski definition) is 2. The lowest BCUT2D eigenvalue weighted by Crippen LogP contribution is -2.34. The van der Waals surface area contributed by atoms with Crippen molar-refractivity contribution in [2.45, 2.75) is 30.2 Å². The van der Waals surface area contributed by atoms with Crippen LogP contribution in [0, 0.1) is 5.92 Å². The molecule has 2 aliphatic rings. The van der Waals surface area contributed by atoms with Gasteiger partial charge in [-0.1, -0.05) is 18.2 Å². The molecule has 2 aromatic carbocycles. The normalized spacial score (nSPS) is 19.0. The minimum atomic E-state index is -3.50. The average molecular weight is 386 g/mol. The molecular formula is C20H22N2O4S. The fraction of sp³-hybridized carbons (Fsp3) is 0.350. The van der Waals surface area contributed by atoms with E-state index < -0.39 is 10.0 Å². The number of ether oxygens (including phenoxy) is 1. The molecule has 1 amide bonds. The first-order valence-electron chi connectivity index (χ1n) is 9.12. The van der Waals surface area contributed by atoms with Crippen molar-refractivity contribution in [2.24, 2.45) is 5.92 Å². The van der Waals surface area contributed by atoms with Crippen LogP contribution in [0.1, 0.15) is 28.8 Å². The van der Waals surface area contributed by atoms with Crippen molar-refractivity contribution in [1.29, 1.82) is 0 Å². The molecular weight excluding hydrogens is 364 g/mol. The van der Waals surface area contributed by atoms with Crippen molar-refractivity contribution in [1.82, 2.24) is 10.0 Å². The summed E-state index contributed by atoms with van der Waals surface area (Å²) in [6.07, 6.45) is 2.63. The van der Waals surface area contributed by atoms with Gasteiger partial charge >= 0.3 is 0 Å².